The summed E-state index contributed by atoms with van der Waals surface area (Å²) < 4.78 is 27.3. The molecule has 1 fully saturated rings. The van der Waals surface area contributed by atoms with E-state index in [0.717, 1.165) is 22.4 Å². The minimum atomic E-state index is -3.50. The molecule has 2 aromatic carbocycles. The van der Waals surface area contributed by atoms with E-state index in [-0.39, 0.29) is 12.5 Å². The summed E-state index contributed by atoms with van der Waals surface area (Å²) in [5, 5.41) is 2.88. The molecular formula is C21H27N3O3S. The van der Waals surface area contributed by atoms with Gasteiger partial charge in [0.05, 0.1) is 11.4 Å². The van der Waals surface area contributed by atoms with E-state index in [4.69, 9.17) is 0 Å². The van der Waals surface area contributed by atoms with Gasteiger partial charge in [-0.2, -0.15) is 4.31 Å². The van der Waals surface area contributed by atoms with E-state index in [0.29, 0.717) is 31.1 Å². The van der Waals surface area contributed by atoms with Crippen molar-refractivity contribution in [3.8, 4) is 0 Å². The lowest BCUT2D eigenvalue weighted by Gasteiger charge is -2.33. The van der Waals surface area contributed by atoms with Crippen molar-refractivity contribution < 1.29 is 13.2 Å². The molecule has 0 spiro atoms. The highest BCUT2D eigenvalue weighted by Gasteiger charge is 2.29. The van der Waals surface area contributed by atoms with E-state index in [1.54, 1.807) is 12.1 Å². The lowest BCUT2D eigenvalue weighted by atomic mass is 10.1. The minimum Gasteiger partial charge on any atom is -0.325 e. The van der Waals surface area contributed by atoms with Crippen molar-refractivity contribution in [3.05, 3.63) is 59.2 Å². The van der Waals surface area contributed by atoms with Crippen LogP contribution in [0.4, 0.5) is 5.69 Å². The Morgan fingerprint density at radius 3 is 2.18 bits per heavy atom. The number of aryl methyl sites for hydroxylation is 3. The molecule has 1 amide bonds. The summed E-state index contributed by atoms with van der Waals surface area (Å²) in [6.45, 7) is 7.96. The van der Waals surface area contributed by atoms with Gasteiger partial charge in [0, 0.05) is 31.9 Å². The van der Waals surface area contributed by atoms with Crippen LogP contribution in [0.2, 0.25) is 0 Å². The number of hydrogen-bond acceptors (Lipinski definition) is 4. The van der Waals surface area contributed by atoms with Crippen molar-refractivity contribution in [2.45, 2.75) is 25.7 Å². The average molecular weight is 402 g/mol. The summed E-state index contributed by atoms with van der Waals surface area (Å²) in [4.78, 5) is 14.6. The van der Waals surface area contributed by atoms with E-state index in [1.807, 2.05) is 56.0 Å². The van der Waals surface area contributed by atoms with Crippen LogP contribution in [0.5, 0.6) is 0 Å². The summed E-state index contributed by atoms with van der Waals surface area (Å²) in [5.41, 5.74) is 3.95. The van der Waals surface area contributed by atoms with Crippen LogP contribution < -0.4 is 5.32 Å². The van der Waals surface area contributed by atoms with Crippen LogP contribution >= 0.6 is 0 Å². The highest BCUT2D eigenvalue weighted by molar-refractivity contribution is 7.89. The quantitative estimate of drug-likeness (QED) is 0.836. The second kappa shape index (κ2) is 8.43. The standard InChI is InChI=1S/C21H27N3O3S/c1-16-4-7-19(8-5-16)22-21(25)15-23-10-12-24(13-11-23)28(26,27)20-9-6-17(2)18(3)14-20/h4-9,14H,10-13,15H2,1-3H3,(H,22,25). The third kappa shape index (κ3) is 4.79. The molecule has 3 rings (SSSR count). The van der Waals surface area contributed by atoms with E-state index in [9.17, 15) is 13.2 Å². The molecule has 0 atom stereocenters. The summed E-state index contributed by atoms with van der Waals surface area (Å²) >= 11 is 0. The molecule has 150 valence electrons. The molecule has 1 heterocycles. The Morgan fingerprint density at radius 2 is 1.57 bits per heavy atom. The van der Waals surface area contributed by atoms with Crippen LogP contribution in [-0.2, 0) is 14.8 Å². The van der Waals surface area contributed by atoms with Gasteiger partial charge in [0.2, 0.25) is 15.9 Å². The number of benzene rings is 2. The van der Waals surface area contributed by atoms with Gasteiger partial charge in [-0.15, -0.1) is 0 Å². The number of nitrogens with zero attached hydrogens (tertiary/aromatic N) is 2. The molecular weight excluding hydrogens is 374 g/mol. The first kappa shape index (κ1) is 20.5. The predicted molar refractivity (Wildman–Crippen MR) is 111 cm³/mol. The van der Waals surface area contributed by atoms with Crippen molar-refractivity contribution in [3.63, 3.8) is 0 Å². The Bertz CT molecular complexity index is 947. The van der Waals surface area contributed by atoms with Gasteiger partial charge in [-0.3, -0.25) is 9.69 Å². The number of hydrogen-bond donors (Lipinski definition) is 1. The molecule has 28 heavy (non-hydrogen) atoms. The fourth-order valence-electron chi connectivity index (χ4n) is 3.19. The maximum Gasteiger partial charge on any atom is 0.243 e. The number of amides is 1. The molecule has 1 saturated heterocycles. The fraction of sp³-hybridized carbons (Fsp3) is 0.381. The zero-order valence-electron chi connectivity index (χ0n) is 16.6. The molecule has 6 nitrogen and oxygen atoms in total. The lowest BCUT2D eigenvalue weighted by molar-refractivity contribution is -0.117. The third-order valence-electron chi connectivity index (χ3n) is 5.15. The van der Waals surface area contributed by atoms with Crippen LogP contribution in [0.3, 0.4) is 0 Å². The van der Waals surface area contributed by atoms with Gasteiger partial charge in [0.25, 0.3) is 0 Å². The smallest absolute Gasteiger partial charge is 0.243 e. The van der Waals surface area contributed by atoms with Crippen molar-refractivity contribution in [1.82, 2.24) is 9.21 Å². The van der Waals surface area contributed by atoms with Gasteiger partial charge in [-0.1, -0.05) is 23.8 Å². The molecule has 0 saturated carbocycles. The van der Waals surface area contributed by atoms with E-state index < -0.39 is 10.0 Å². The van der Waals surface area contributed by atoms with Gasteiger partial charge >= 0.3 is 0 Å². The monoisotopic (exact) mass is 401 g/mol. The maximum atomic E-state index is 12.9. The Kier molecular flexibility index (Phi) is 6.17. The number of rotatable bonds is 5. The molecule has 0 unspecified atom stereocenters. The average Bonchev–Trinajstić information content (AvgIpc) is 2.66. The first-order valence-electron chi connectivity index (χ1n) is 9.42. The maximum absolute atomic E-state index is 12.9. The zero-order chi connectivity index (χ0) is 20.3. The zero-order valence-corrected chi connectivity index (χ0v) is 17.4. The van der Waals surface area contributed by atoms with Crippen molar-refractivity contribution in [1.29, 1.82) is 0 Å². The number of carbonyl (C=O) groups is 1. The Balaban J connectivity index is 1.55. The second-order valence-electron chi connectivity index (χ2n) is 7.34. The molecule has 1 N–H and O–H groups in total. The number of anilines is 1. The highest BCUT2D eigenvalue weighted by Crippen LogP contribution is 2.20. The van der Waals surface area contributed by atoms with Crippen molar-refractivity contribution >= 4 is 21.6 Å². The van der Waals surface area contributed by atoms with Gasteiger partial charge < -0.3 is 5.32 Å². The van der Waals surface area contributed by atoms with Crippen molar-refractivity contribution in [2.24, 2.45) is 0 Å². The Labute approximate surface area is 167 Å². The Hall–Kier alpha value is -2.22. The molecule has 0 radical (unpaired) electrons. The van der Waals surface area contributed by atoms with E-state index >= 15 is 0 Å². The largest absolute Gasteiger partial charge is 0.325 e. The lowest BCUT2D eigenvalue weighted by Crippen LogP contribution is -2.50. The van der Waals surface area contributed by atoms with Crippen LogP contribution in [0, 0.1) is 20.8 Å². The SMILES string of the molecule is Cc1ccc(NC(=O)CN2CCN(S(=O)(=O)c3ccc(C)c(C)c3)CC2)cc1. The number of nitrogens with one attached hydrogen (secondary N) is 1. The first-order valence-corrected chi connectivity index (χ1v) is 10.9. The second-order valence-corrected chi connectivity index (χ2v) is 9.28. The minimum absolute atomic E-state index is 0.0886. The fourth-order valence-corrected chi connectivity index (χ4v) is 4.70. The van der Waals surface area contributed by atoms with Crippen molar-refractivity contribution in [2.75, 3.05) is 38.0 Å². The topological polar surface area (TPSA) is 69.7 Å². The number of sulfonamides is 1. The van der Waals surface area contributed by atoms with E-state index in [1.165, 1.54) is 4.31 Å². The van der Waals surface area contributed by atoms with Crippen LogP contribution in [-0.4, -0.2) is 56.3 Å². The van der Waals surface area contributed by atoms with Crippen LogP contribution in [0.15, 0.2) is 47.4 Å². The van der Waals surface area contributed by atoms with Crippen LogP contribution in [0.25, 0.3) is 0 Å². The molecule has 1 aliphatic heterocycles. The van der Waals surface area contributed by atoms with Gasteiger partial charge in [0.15, 0.2) is 0 Å². The van der Waals surface area contributed by atoms with E-state index in [2.05, 4.69) is 5.32 Å². The number of piperazine rings is 1. The summed E-state index contributed by atoms with van der Waals surface area (Å²) in [6, 6.07) is 12.9. The van der Waals surface area contributed by atoms with Gasteiger partial charge in [0.1, 0.15) is 0 Å². The normalized spacial score (nSPS) is 16.1. The molecule has 0 bridgehead atoms. The first-order chi connectivity index (χ1) is 13.3. The Morgan fingerprint density at radius 1 is 0.929 bits per heavy atom. The molecule has 1 aliphatic rings. The van der Waals surface area contributed by atoms with Gasteiger partial charge in [-0.05, 0) is 56.2 Å². The summed E-state index contributed by atoms with van der Waals surface area (Å²) in [7, 11) is -3.50. The molecule has 7 heteroatoms. The highest BCUT2D eigenvalue weighted by atomic mass is 32.2. The molecule has 0 aromatic heterocycles. The van der Waals surface area contributed by atoms with Gasteiger partial charge in [-0.25, -0.2) is 8.42 Å². The molecule has 2 aromatic rings. The predicted octanol–water partition coefficient (Wildman–Crippen LogP) is 2.56. The number of carbonyl (C=O) groups excluding carboxylic acids is 1. The van der Waals surface area contributed by atoms with Crippen LogP contribution in [0.1, 0.15) is 16.7 Å². The summed E-state index contributed by atoms with van der Waals surface area (Å²) in [5.74, 6) is -0.0886. The summed E-state index contributed by atoms with van der Waals surface area (Å²) in [6.07, 6.45) is 0. The third-order valence-corrected chi connectivity index (χ3v) is 7.04. The molecule has 0 aliphatic carbocycles.